The highest BCUT2D eigenvalue weighted by atomic mass is 32.2. The number of hydrogen-bond acceptors (Lipinski definition) is 5. The van der Waals surface area contributed by atoms with Gasteiger partial charge in [0.05, 0.1) is 15.8 Å². The molecule has 1 N–H and O–H groups in total. The van der Waals surface area contributed by atoms with Crippen LogP contribution in [0.25, 0.3) is 0 Å². The summed E-state index contributed by atoms with van der Waals surface area (Å²) in [6.07, 6.45) is 1.47. The topological polar surface area (TPSA) is 77.9 Å². The van der Waals surface area contributed by atoms with Crippen molar-refractivity contribution < 1.29 is 19.5 Å². The van der Waals surface area contributed by atoms with E-state index in [0.717, 1.165) is 11.1 Å². The molecule has 0 saturated carbocycles. The van der Waals surface area contributed by atoms with Crippen molar-refractivity contribution in [3.8, 4) is 0 Å². The zero-order valence-corrected chi connectivity index (χ0v) is 19.9. The second-order valence-electron chi connectivity index (χ2n) is 8.17. The number of rotatable bonds is 6. The van der Waals surface area contributed by atoms with Crippen molar-refractivity contribution in [1.29, 1.82) is 0 Å². The number of hydrogen-bond donors (Lipinski definition) is 1. The monoisotopic (exact) mass is 490 g/mol. The molecule has 3 heterocycles. The quantitative estimate of drug-likeness (QED) is 0.513. The van der Waals surface area contributed by atoms with Crippen LogP contribution in [0.15, 0.2) is 89.9 Å². The van der Waals surface area contributed by atoms with Gasteiger partial charge in [0, 0.05) is 19.0 Å². The molecule has 2 amide bonds. The number of anilines is 1. The highest BCUT2D eigenvalue weighted by Crippen LogP contribution is 2.49. The molecule has 0 bridgehead atoms. The Morgan fingerprint density at radius 3 is 2.09 bits per heavy atom. The number of β-lactam (4-membered cyclic amide) rings is 1. The molecule has 8 heteroatoms. The molecule has 1 saturated heterocycles. The summed E-state index contributed by atoms with van der Waals surface area (Å²) in [4.78, 5) is 41.0. The molecular formula is C26H22N2O4S2. The highest BCUT2D eigenvalue weighted by molar-refractivity contribution is 8.01. The van der Waals surface area contributed by atoms with E-state index in [-0.39, 0.29) is 28.7 Å². The van der Waals surface area contributed by atoms with E-state index in [1.165, 1.54) is 46.0 Å². The molecule has 34 heavy (non-hydrogen) atoms. The van der Waals surface area contributed by atoms with E-state index in [0.29, 0.717) is 5.00 Å². The van der Waals surface area contributed by atoms with Crippen molar-refractivity contribution in [1.82, 2.24) is 4.90 Å². The van der Waals surface area contributed by atoms with Gasteiger partial charge in [-0.25, -0.2) is 4.79 Å². The van der Waals surface area contributed by atoms with Gasteiger partial charge in [-0.15, -0.1) is 23.1 Å². The molecule has 2 aliphatic heterocycles. The summed E-state index contributed by atoms with van der Waals surface area (Å²) in [7, 11) is 0. The molecule has 1 fully saturated rings. The summed E-state index contributed by atoms with van der Waals surface area (Å²) in [5.74, 6) is -1.77. The van der Waals surface area contributed by atoms with Crippen LogP contribution in [-0.2, 0) is 14.4 Å². The summed E-state index contributed by atoms with van der Waals surface area (Å²) in [6.45, 7) is 1.45. The molecule has 3 aromatic rings. The lowest BCUT2D eigenvalue weighted by molar-refractivity contribution is -0.142. The van der Waals surface area contributed by atoms with Crippen LogP contribution in [0.2, 0.25) is 0 Å². The van der Waals surface area contributed by atoms with Crippen molar-refractivity contribution >= 4 is 45.9 Å². The third kappa shape index (κ3) is 3.82. The van der Waals surface area contributed by atoms with Gasteiger partial charge in [-0.2, -0.15) is 0 Å². The first-order chi connectivity index (χ1) is 16.5. The second-order valence-corrected chi connectivity index (χ2v) is 10.4. The number of benzene rings is 2. The van der Waals surface area contributed by atoms with Crippen LogP contribution in [-0.4, -0.2) is 44.5 Å². The first kappa shape index (κ1) is 22.4. The molecule has 2 aromatic carbocycles. The van der Waals surface area contributed by atoms with Crippen molar-refractivity contribution in [3.05, 3.63) is 101 Å². The zero-order valence-electron chi connectivity index (χ0n) is 18.3. The molecule has 2 aliphatic rings. The first-order valence-corrected chi connectivity index (χ1v) is 12.7. The van der Waals surface area contributed by atoms with Gasteiger partial charge in [0.2, 0.25) is 5.91 Å². The largest absolute Gasteiger partial charge is 0.478 e. The van der Waals surface area contributed by atoms with E-state index in [9.17, 15) is 19.5 Å². The molecule has 1 aromatic heterocycles. The average molecular weight is 491 g/mol. The summed E-state index contributed by atoms with van der Waals surface area (Å²) in [5, 5.41) is 11.8. The molecule has 6 nitrogen and oxygen atoms in total. The molecule has 172 valence electrons. The third-order valence-corrected chi connectivity index (χ3v) is 8.60. The fraction of sp³-hybridized carbons (Fsp3) is 0.192. The predicted octanol–water partition coefficient (Wildman–Crippen LogP) is 4.55. The number of carboxylic acid groups (broad SMARTS) is 1. The Kier molecular flexibility index (Phi) is 6.02. The number of aliphatic carboxylic acids is 1. The first-order valence-electron chi connectivity index (χ1n) is 10.8. The fourth-order valence-corrected chi connectivity index (χ4v) is 7.20. The molecule has 3 atom stereocenters. The standard InChI is InChI=1S/C26H22N2O4S2/c1-16(29)28(20-13-8-14-33-20)22-24(30)27-15-19(26(31)32)23(34-25(22)27)21(17-9-4-2-5-10-17)18-11-6-3-7-12-18/h2-15,21-23,25H,1H3,(H,31,32)/t22?,23?,25-/m1/s1. The van der Waals surface area contributed by atoms with E-state index in [4.69, 9.17) is 0 Å². The van der Waals surface area contributed by atoms with Crippen molar-refractivity contribution in [2.24, 2.45) is 0 Å². The fourth-order valence-electron chi connectivity index (χ4n) is 4.62. The van der Waals surface area contributed by atoms with Crippen molar-refractivity contribution in [3.63, 3.8) is 0 Å². The Morgan fingerprint density at radius 1 is 0.971 bits per heavy atom. The number of nitrogens with zero attached hydrogens (tertiary/aromatic N) is 2. The number of amides is 2. The lowest BCUT2D eigenvalue weighted by atomic mass is 9.85. The Labute approximate surface area is 205 Å². The summed E-state index contributed by atoms with van der Waals surface area (Å²) < 4.78 is 0. The van der Waals surface area contributed by atoms with Crippen LogP contribution in [0.5, 0.6) is 0 Å². The van der Waals surface area contributed by atoms with Gasteiger partial charge < -0.3 is 10.0 Å². The van der Waals surface area contributed by atoms with Crippen LogP contribution < -0.4 is 4.90 Å². The van der Waals surface area contributed by atoms with Crippen molar-refractivity contribution in [2.45, 2.75) is 29.5 Å². The minimum atomic E-state index is -1.05. The Morgan fingerprint density at radius 2 is 1.59 bits per heavy atom. The number of thiophene rings is 1. The smallest absolute Gasteiger partial charge is 0.334 e. The maximum absolute atomic E-state index is 13.1. The minimum Gasteiger partial charge on any atom is -0.478 e. The van der Waals surface area contributed by atoms with Gasteiger partial charge in [-0.1, -0.05) is 60.7 Å². The van der Waals surface area contributed by atoms with E-state index >= 15 is 0 Å². The maximum Gasteiger partial charge on any atom is 0.334 e. The molecule has 0 radical (unpaired) electrons. The predicted molar refractivity (Wildman–Crippen MR) is 134 cm³/mol. The minimum absolute atomic E-state index is 0.177. The average Bonchev–Trinajstić information content (AvgIpc) is 3.37. The SMILES string of the molecule is CC(=O)N(c1cccs1)C1C(=O)N2C=C(C(=O)O)C(C(c3ccccc3)c3ccccc3)S[C@H]12. The van der Waals surface area contributed by atoms with E-state index in [1.807, 2.05) is 78.2 Å². The summed E-state index contributed by atoms with van der Waals surface area (Å²) in [6, 6.07) is 22.6. The van der Waals surface area contributed by atoms with Gasteiger partial charge >= 0.3 is 5.97 Å². The molecule has 5 rings (SSSR count). The third-order valence-electron chi connectivity index (χ3n) is 6.15. The Balaban J connectivity index is 1.58. The van der Waals surface area contributed by atoms with Crippen LogP contribution in [0, 0.1) is 0 Å². The molecule has 0 spiro atoms. The van der Waals surface area contributed by atoms with Gasteiger partial charge in [0.25, 0.3) is 5.91 Å². The lowest BCUT2D eigenvalue weighted by Crippen LogP contribution is -2.70. The van der Waals surface area contributed by atoms with Gasteiger partial charge in [-0.3, -0.25) is 14.5 Å². The van der Waals surface area contributed by atoms with Crippen LogP contribution in [0.4, 0.5) is 5.00 Å². The summed E-state index contributed by atoms with van der Waals surface area (Å²) >= 11 is 2.84. The van der Waals surface area contributed by atoms with Crippen LogP contribution in [0.1, 0.15) is 24.0 Å². The molecular weight excluding hydrogens is 468 g/mol. The Bertz CT molecular complexity index is 1200. The van der Waals surface area contributed by atoms with E-state index < -0.39 is 17.3 Å². The van der Waals surface area contributed by atoms with E-state index in [1.54, 1.807) is 0 Å². The van der Waals surface area contributed by atoms with Crippen LogP contribution in [0.3, 0.4) is 0 Å². The second kappa shape index (κ2) is 9.12. The van der Waals surface area contributed by atoms with Crippen LogP contribution >= 0.6 is 23.1 Å². The molecule has 2 unspecified atom stereocenters. The van der Waals surface area contributed by atoms with Gasteiger partial charge in [0.15, 0.2) is 0 Å². The van der Waals surface area contributed by atoms with Gasteiger partial charge in [-0.05, 0) is 28.6 Å². The summed E-state index contributed by atoms with van der Waals surface area (Å²) in [5.41, 5.74) is 2.17. The van der Waals surface area contributed by atoms with Crippen molar-refractivity contribution in [2.75, 3.05) is 4.90 Å². The number of carbonyl (C=O) groups is 3. The number of fused-ring (bicyclic) bond motifs is 1. The lowest BCUT2D eigenvalue weighted by Gasteiger charge is -2.52. The van der Waals surface area contributed by atoms with E-state index in [2.05, 4.69) is 0 Å². The number of carbonyl (C=O) groups excluding carboxylic acids is 2. The Hall–Kier alpha value is -3.36. The zero-order chi connectivity index (χ0) is 23.8. The number of carboxylic acids is 1. The maximum atomic E-state index is 13.1. The highest BCUT2D eigenvalue weighted by Gasteiger charge is 2.56. The van der Waals surface area contributed by atoms with Gasteiger partial charge in [0.1, 0.15) is 11.4 Å². The molecule has 0 aliphatic carbocycles. The number of thioether (sulfide) groups is 1. The normalized spacial score (nSPS) is 21.5.